The van der Waals surface area contributed by atoms with E-state index in [1.165, 1.54) is 0 Å². The van der Waals surface area contributed by atoms with Crippen LogP contribution in [0.2, 0.25) is 0 Å². The van der Waals surface area contributed by atoms with Crippen LogP contribution in [0.4, 0.5) is 4.79 Å². The van der Waals surface area contributed by atoms with Crippen molar-refractivity contribution in [3.8, 4) is 6.07 Å². The van der Waals surface area contributed by atoms with Gasteiger partial charge in [-0.3, -0.25) is 0 Å². The van der Waals surface area contributed by atoms with E-state index in [1.54, 1.807) is 4.90 Å². The molecule has 1 saturated heterocycles. The Morgan fingerprint density at radius 3 is 2.77 bits per heavy atom. The lowest BCUT2D eigenvalue weighted by Gasteiger charge is -2.37. The van der Waals surface area contributed by atoms with E-state index < -0.39 is 5.60 Å². The van der Waals surface area contributed by atoms with Gasteiger partial charge >= 0.3 is 6.09 Å². The van der Waals surface area contributed by atoms with Crippen LogP contribution in [0.3, 0.4) is 0 Å². The van der Waals surface area contributed by atoms with Crippen molar-refractivity contribution in [3.05, 3.63) is 0 Å². The van der Waals surface area contributed by atoms with Gasteiger partial charge in [0.05, 0.1) is 31.7 Å². The molecule has 0 aromatic carbocycles. The van der Waals surface area contributed by atoms with Gasteiger partial charge in [-0.1, -0.05) is 6.92 Å². The van der Waals surface area contributed by atoms with Crippen LogP contribution >= 0.6 is 0 Å². The van der Waals surface area contributed by atoms with Crippen molar-refractivity contribution in [2.45, 2.75) is 71.2 Å². The van der Waals surface area contributed by atoms with E-state index in [0.717, 1.165) is 6.42 Å². The van der Waals surface area contributed by atoms with Crippen molar-refractivity contribution in [2.24, 2.45) is 0 Å². The number of nitrogens with zero attached hydrogens (tertiary/aromatic N) is 2. The fourth-order valence-corrected chi connectivity index (χ4v) is 2.38. The second-order valence-corrected chi connectivity index (χ2v) is 6.76. The molecule has 0 saturated carbocycles. The molecule has 22 heavy (non-hydrogen) atoms. The molecule has 126 valence electrons. The Balaban J connectivity index is 2.55. The predicted molar refractivity (Wildman–Crippen MR) is 84.5 cm³/mol. The van der Waals surface area contributed by atoms with Crippen LogP contribution in [0.5, 0.6) is 0 Å². The smallest absolute Gasteiger partial charge is 0.410 e. The van der Waals surface area contributed by atoms with E-state index in [0.29, 0.717) is 26.1 Å². The van der Waals surface area contributed by atoms with Gasteiger partial charge in [0, 0.05) is 18.6 Å². The summed E-state index contributed by atoms with van der Waals surface area (Å²) in [5.74, 6) is 0. The van der Waals surface area contributed by atoms with Gasteiger partial charge in [-0.2, -0.15) is 5.26 Å². The Hall–Kier alpha value is -1.32. The average molecular weight is 311 g/mol. The monoisotopic (exact) mass is 311 g/mol. The average Bonchev–Trinajstić information content (AvgIpc) is 2.45. The molecule has 0 aromatic rings. The van der Waals surface area contributed by atoms with Gasteiger partial charge in [-0.15, -0.1) is 0 Å². The fourth-order valence-electron chi connectivity index (χ4n) is 2.38. The SMILES string of the molecule is CCC(CC#N)NC(C)C1CN(C(=O)OC(C)(C)C)CCO1. The van der Waals surface area contributed by atoms with Crippen molar-refractivity contribution in [3.63, 3.8) is 0 Å². The molecule has 6 heteroatoms. The topological polar surface area (TPSA) is 74.6 Å². The predicted octanol–water partition coefficient (Wildman–Crippen LogP) is 2.29. The molecule has 0 radical (unpaired) electrons. The molecular weight excluding hydrogens is 282 g/mol. The molecule has 1 amide bonds. The van der Waals surface area contributed by atoms with Gasteiger partial charge in [0.2, 0.25) is 0 Å². The summed E-state index contributed by atoms with van der Waals surface area (Å²) in [6.07, 6.45) is 0.982. The minimum absolute atomic E-state index is 0.0727. The lowest BCUT2D eigenvalue weighted by atomic mass is 10.1. The van der Waals surface area contributed by atoms with Gasteiger partial charge in [-0.25, -0.2) is 4.79 Å². The van der Waals surface area contributed by atoms with E-state index in [1.807, 2.05) is 27.7 Å². The van der Waals surface area contributed by atoms with Crippen LogP contribution in [0.25, 0.3) is 0 Å². The van der Waals surface area contributed by atoms with Gasteiger partial charge in [0.1, 0.15) is 5.60 Å². The van der Waals surface area contributed by atoms with E-state index >= 15 is 0 Å². The molecule has 3 unspecified atom stereocenters. The fraction of sp³-hybridized carbons (Fsp3) is 0.875. The summed E-state index contributed by atoms with van der Waals surface area (Å²) in [6.45, 7) is 11.2. The summed E-state index contributed by atoms with van der Waals surface area (Å²) in [7, 11) is 0. The largest absolute Gasteiger partial charge is 0.444 e. The van der Waals surface area contributed by atoms with E-state index in [-0.39, 0.29) is 24.3 Å². The van der Waals surface area contributed by atoms with Crippen LogP contribution in [0, 0.1) is 11.3 Å². The first-order valence-corrected chi connectivity index (χ1v) is 7.99. The summed E-state index contributed by atoms with van der Waals surface area (Å²) in [5, 5.41) is 12.2. The summed E-state index contributed by atoms with van der Waals surface area (Å²) >= 11 is 0. The Bertz CT molecular complexity index is 400. The molecule has 1 rings (SSSR count). The van der Waals surface area contributed by atoms with Gasteiger partial charge in [0.15, 0.2) is 0 Å². The summed E-state index contributed by atoms with van der Waals surface area (Å²) in [5.41, 5.74) is -0.491. The number of nitriles is 1. The normalized spacial score (nSPS) is 21.8. The van der Waals surface area contributed by atoms with Crippen molar-refractivity contribution < 1.29 is 14.3 Å². The van der Waals surface area contributed by atoms with E-state index in [2.05, 4.69) is 18.3 Å². The maximum atomic E-state index is 12.1. The summed E-state index contributed by atoms with van der Waals surface area (Å²) in [6, 6.07) is 2.42. The first kappa shape index (κ1) is 18.7. The number of hydrogen-bond acceptors (Lipinski definition) is 5. The Morgan fingerprint density at radius 1 is 1.55 bits per heavy atom. The Morgan fingerprint density at radius 2 is 2.23 bits per heavy atom. The number of morpholine rings is 1. The number of carbonyl (C=O) groups is 1. The first-order chi connectivity index (χ1) is 10.3. The zero-order valence-electron chi connectivity index (χ0n) is 14.4. The second kappa shape index (κ2) is 8.35. The van der Waals surface area contributed by atoms with Crippen LogP contribution in [0.1, 0.15) is 47.5 Å². The second-order valence-electron chi connectivity index (χ2n) is 6.76. The first-order valence-electron chi connectivity index (χ1n) is 7.99. The molecule has 1 aliphatic heterocycles. The Kier molecular flexibility index (Phi) is 7.11. The lowest BCUT2D eigenvalue weighted by Crippen LogP contribution is -2.54. The van der Waals surface area contributed by atoms with Crippen molar-refractivity contribution in [1.82, 2.24) is 10.2 Å². The summed E-state index contributed by atoms with van der Waals surface area (Å²) < 4.78 is 11.2. The highest BCUT2D eigenvalue weighted by Crippen LogP contribution is 2.15. The Labute approximate surface area is 133 Å². The molecule has 1 heterocycles. The highest BCUT2D eigenvalue weighted by molar-refractivity contribution is 5.68. The lowest BCUT2D eigenvalue weighted by molar-refractivity contribution is -0.0537. The molecule has 6 nitrogen and oxygen atoms in total. The third-order valence-corrected chi connectivity index (χ3v) is 3.63. The molecule has 0 spiro atoms. The van der Waals surface area contributed by atoms with Crippen molar-refractivity contribution >= 4 is 6.09 Å². The highest BCUT2D eigenvalue weighted by atomic mass is 16.6. The number of nitrogens with one attached hydrogen (secondary N) is 1. The molecule has 0 aliphatic carbocycles. The van der Waals surface area contributed by atoms with Gasteiger partial charge in [-0.05, 0) is 34.1 Å². The highest BCUT2D eigenvalue weighted by Gasteiger charge is 2.31. The number of amides is 1. The molecule has 0 aromatic heterocycles. The number of hydrogen-bond donors (Lipinski definition) is 1. The maximum absolute atomic E-state index is 12.1. The third kappa shape index (κ3) is 6.20. The molecule has 3 atom stereocenters. The van der Waals surface area contributed by atoms with Crippen LogP contribution < -0.4 is 5.32 Å². The minimum atomic E-state index is -0.491. The van der Waals surface area contributed by atoms with Crippen molar-refractivity contribution in [2.75, 3.05) is 19.7 Å². The number of carbonyl (C=O) groups excluding carboxylic acids is 1. The van der Waals surface area contributed by atoms with Crippen LogP contribution in [-0.2, 0) is 9.47 Å². The van der Waals surface area contributed by atoms with E-state index in [9.17, 15) is 4.79 Å². The molecule has 1 N–H and O–H groups in total. The quantitative estimate of drug-likeness (QED) is 0.843. The van der Waals surface area contributed by atoms with Crippen molar-refractivity contribution in [1.29, 1.82) is 5.26 Å². The zero-order chi connectivity index (χ0) is 16.8. The molecule has 0 bridgehead atoms. The van der Waals surface area contributed by atoms with Gasteiger partial charge < -0.3 is 19.7 Å². The zero-order valence-corrected chi connectivity index (χ0v) is 14.4. The standard InChI is InChI=1S/C16H29N3O3/c1-6-13(7-8-17)18-12(2)14-11-19(9-10-21-14)15(20)22-16(3,4)5/h12-14,18H,6-7,9-11H2,1-5H3. The maximum Gasteiger partial charge on any atom is 0.410 e. The molecule has 1 fully saturated rings. The van der Waals surface area contributed by atoms with E-state index in [4.69, 9.17) is 14.7 Å². The van der Waals surface area contributed by atoms with Gasteiger partial charge in [0.25, 0.3) is 0 Å². The minimum Gasteiger partial charge on any atom is -0.444 e. The number of rotatable bonds is 5. The number of ether oxygens (including phenoxy) is 2. The van der Waals surface area contributed by atoms with Crippen LogP contribution in [-0.4, -0.2) is 54.5 Å². The third-order valence-electron chi connectivity index (χ3n) is 3.63. The molecule has 1 aliphatic rings. The summed E-state index contributed by atoms with van der Waals surface area (Å²) in [4.78, 5) is 13.8. The molecular formula is C16H29N3O3. The van der Waals surface area contributed by atoms with Crippen LogP contribution in [0.15, 0.2) is 0 Å².